The van der Waals surface area contributed by atoms with E-state index in [0.29, 0.717) is 4.68 Å². The molecule has 0 amide bonds. The zero-order chi connectivity index (χ0) is 24.4. The summed E-state index contributed by atoms with van der Waals surface area (Å²) >= 11 is 0. The van der Waals surface area contributed by atoms with Crippen molar-refractivity contribution >= 4 is 22.7 Å². The van der Waals surface area contributed by atoms with E-state index < -0.39 is 24.1 Å². The molecule has 3 heterocycles. The Balaban J connectivity index is 1.43. The van der Waals surface area contributed by atoms with Crippen molar-refractivity contribution in [3.8, 4) is 5.69 Å². The second-order valence-corrected chi connectivity index (χ2v) is 8.95. The van der Waals surface area contributed by atoms with E-state index in [4.69, 9.17) is 0 Å². The van der Waals surface area contributed by atoms with Crippen molar-refractivity contribution < 1.29 is 17.6 Å². The van der Waals surface area contributed by atoms with Crippen LogP contribution in [0.1, 0.15) is 24.0 Å². The predicted molar refractivity (Wildman–Crippen MR) is 121 cm³/mol. The van der Waals surface area contributed by atoms with Crippen LogP contribution in [0.3, 0.4) is 0 Å². The average Bonchev–Trinajstić information content (AvgIpc) is 3.53. The Morgan fingerprint density at radius 2 is 1.89 bits per heavy atom. The molecule has 2 aliphatic rings. The highest BCUT2D eigenvalue weighted by Crippen LogP contribution is 2.48. The zero-order valence-electron chi connectivity index (χ0n) is 18.4. The quantitative estimate of drug-likeness (QED) is 0.426. The van der Waals surface area contributed by atoms with Gasteiger partial charge >= 0.3 is 6.18 Å². The lowest BCUT2D eigenvalue weighted by Gasteiger charge is -2.27. The molecule has 4 aromatic rings. The maximum atomic E-state index is 13.5. The number of rotatable bonds is 4. The van der Waals surface area contributed by atoms with E-state index in [-0.39, 0.29) is 28.2 Å². The minimum absolute atomic E-state index is 0.0116. The summed E-state index contributed by atoms with van der Waals surface area (Å²) in [6, 6.07) is 10.8. The molecular weight excluding hydrogens is 464 g/mol. The normalized spacial score (nSPS) is 16.5. The van der Waals surface area contributed by atoms with Crippen LogP contribution in [0.4, 0.5) is 29.2 Å². The van der Waals surface area contributed by atoms with Crippen LogP contribution in [0.25, 0.3) is 16.7 Å². The second kappa shape index (κ2) is 7.64. The third-order valence-corrected chi connectivity index (χ3v) is 6.56. The van der Waals surface area contributed by atoms with Gasteiger partial charge in [-0.05, 0) is 66.8 Å². The number of hydrogen-bond donors (Lipinski definition) is 2. The van der Waals surface area contributed by atoms with Gasteiger partial charge < -0.3 is 10.6 Å². The van der Waals surface area contributed by atoms with Crippen LogP contribution in [0.5, 0.6) is 0 Å². The summed E-state index contributed by atoms with van der Waals surface area (Å²) in [7, 11) is 0. The summed E-state index contributed by atoms with van der Waals surface area (Å²) in [5.74, 6) is -0.421. The molecule has 0 atom stereocenters. The Labute approximate surface area is 196 Å². The number of fused-ring (bicyclic) bond motifs is 3. The first-order valence-electron chi connectivity index (χ1n) is 11.2. The minimum Gasteiger partial charge on any atom is -0.324 e. The minimum atomic E-state index is -4.65. The van der Waals surface area contributed by atoms with Gasteiger partial charge in [0.15, 0.2) is 5.65 Å². The Hall–Kier alpha value is -3.73. The van der Waals surface area contributed by atoms with Crippen molar-refractivity contribution in [2.75, 3.05) is 11.9 Å². The molecule has 2 N–H and O–H groups in total. The summed E-state index contributed by atoms with van der Waals surface area (Å²) in [6.07, 6.45) is -0.329. The fourth-order valence-corrected chi connectivity index (χ4v) is 4.82. The predicted octanol–water partition coefficient (Wildman–Crippen LogP) is 4.16. The van der Waals surface area contributed by atoms with Gasteiger partial charge in [-0.25, -0.2) is 18.7 Å². The average molecular weight is 484 g/mol. The van der Waals surface area contributed by atoms with E-state index in [1.54, 1.807) is 0 Å². The van der Waals surface area contributed by atoms with Crippen LogP contribution in [0, 0.1) is 5.82 Å². The Kier molecular flexibility index (Phi) is 4.75. The van der Waals surface area contributed by atoms with Gasteiger partial charge in [-0.15, -0.1) is 0 Å². The van der Waals surface area contributed by atoms with Gasteiger partial charge in [0.1, 0.15) is 17.7 Å². The van der Waals surface area contributed by atoms with E-state index in [1.807, 2.05) is 12.1 Å². The lowest BCUT2D eigenvalue weighted by Crippen LogP contribution is -2.36. The molecule has 1 fully saturated rings. The summed E-state index contributed by atoms with van der Waals surface area (Å²) in [5, 5.41) is 6.62. The maximum absolute atomic E-state index is 13.5. The molecule has 0 unspecified atom stereocenters. The SMILES string of the molecule is O=c1c2cnc(Nc3ccc4c(c3)CCNC43CC3)nc2n(-c2ccc(F)cc2)n1CC(F)(F)F. The zero-order valence-corrected chi connectivity index (χ0v) is 18.4. The number of benzene rings is 2. The molecule has 1 aliphatic heterocycles. The smallest absolute Gasteiger partial charge is 0.324 e. The highest BCUT2D eigenvalue weighted by atomic mass is 19.4. The fourth-order valence-electron chi connectivity index (χ4n) is 4.82. The van der Waals surface area contributed by atoms with Gasteiger partial charge in [0.05, 0.1) is 5.69 Å². The molecule has 0 radical (unpaired) electrons. The number of halogens is 4. The number of alkyl halides is 3. The van der Waals surface area contributed by atoms with Crippen LogP contribution in [0.2, 0.25) is 0 Å². The van der Waals surface area contributed by atoms with E-state index in [9.17, 15) is 22.4 Å². The van der Waals surface area contributed by atoms with Gasteiger partial charge in [0.2, 0.25) is 5.95 Å². The van der Waals surface area contributed by atoms with Gasteiger partial charge in [-0.2, -0.15) is 18.2 Å². The van der Waals surface area contributed by atoms with Crippen molar-refractivity contribution in [2.45, 2.75) is 37.5 Å². The molecule has 35 heavy (non-hydrogen) atoms. The topological polar surface area (TPSA) is 76.8 Å². The molecule has 0 saturated heterocycles. The van der Waals surface area contributed by atoms with E-state index in [2.05, 4.69) is 26.7 Å². The number of hydrogen-bond acceptors (Lipinski definition) is 5. The van der Waals surface area contributed by atoms with E-state index in [0.717, 1.165) is 48.3 Å². The Bertz CT molecular complexity index is 1500. The molecule has 1 aliphatic carbocycles. The van der Waals surface area contributed by atoms with Crippen LogP contribution in [-0.4, -0.2) is 32.1 Å². The van der Waals surface area contributed by atoms with Crippen molar-refractivity contribution in [1.82, 2.24) is 24.6 Å². The first kappa shape index (κ1) is 21.8. The van der Waals surface area contributed by atoms with Crippen molar-refractivity contribution in [3.63, 3.8) is 0 Å². The molecular formula is C24H20F4N6O. The lowest BCUT2D eigenvalue weighted by molar-refractivity contribution is -0.144. The molecule has 2 aromatic carbocycles. The first-order valence-corrected chi connectivity index (χ1v) is 11.2. The van der Waals surface area contributed by atoms with Gasteiger partial charge in [-0.3, -0.25) is 4.79 Å². The number of aromatic nitrogens is 4. The fraction of sp³-hybridized carbons (Fsp3) is 0.292. The lowest BCUT2D eigenvalue weighted by atomic mass is 9.92. The van der Waals surface area contributed by atoms with Gasteiger partial charge in [-0.1, -0.05) is 6.07 Å². The summed E-state index contributed by atoms with van der Waals surface area (Å²) in [6.45, 7) is -0.626. The molecule has 6 rings (SSSR count). The standard InChI is InChI=1S/C24H20F4N6O/c25-15-1-4-17(5-2-15)34-20-18(21(35)33(34)13-24(26,27)28)12-29-22(32-20)31-16-3-6-19-14(11-16)7-10-30-23(19)8-9-23/h1-6,11-12,30H,7-10,13H2,(H,29,31,32). The molecule has 2 aromatic heterocycles. The van der Waals surface area contributed by atoms with Crippen LogP contribution < -0.4 is 16.2 Å². The van der Waals surface area contributed by atoms with Crippen molar-refractivity contribution in [2.24, 2.45) is 0 Å². The van der Waals surface area contributed by atoms with E-state index in [1.165, 1.54) is 29.5 Å². The number of nitrogens with zero attached hydrogens (tertiary/aromatic N) is 4. The van der Waals surface area contributed by atoms with E-state index >= 15 is 0 Å². The molecule has 1 spiro atoms. The van der Waals surface area contributed by atoms with Gasteiger partial charge in [0, 0.05) is 24.0 Å². The van der Waals surface area contributed by atoms with Crippen LogP contribution in [-0.2, 0) is 18.5 Å². The van der Waals surface area contributed by atoms with Crippen LogP contribution >= 0.6 is 0 Å². The molecule has 1 saturated carbocycles. The monoisotopic (exact) mass is 484 g/mol. The van der Waals surface area contributed by atoms with Crippen LogP contribution in [0.15, 0.2) is 53.5 Å². The summed E-state index contributed by atoms with van der Waals surface area (Å²) < 4.78 is 54.9. The highest BCUT2D eigenvalue weighted by Gasteiger charge is 2.46. The summed E-state index contributed by atoms with van der Waals surface area (Å²) in [4.78, 5) is 21.4. The number of anilines is 2. The third kappa shape index (κ3) is 3.85. The molecule has 11 heteroatoms. The third-order valence-electron chi connectivity index (χ3n) is 6.56. The molecule has 7 nitrogen and oxygen atoms in total. The second-order valence-electron chi connectivity index (χ2n) is 8.95. The highest BCUT2D eigenvalue weighted by molar-refractivity contribution is 5.77. The Morgan fingerprint density at radius 1 is 1.11 bits per heavy atom. The first-order chi connectivity index (χ1) is 16.7. The van der Waals surface area contributed by atoms with Crippen molar-refractivity contribution in [3.05, 3.63) is 76.0 Å². The maximum Gasteiger partial charge on any atom is 0.408 e. The van der Waals surface area contributed by atoms with Gasteiger partial charge in [0.25, 0.3) is 5.56 Å². The molecule has 0 bridgehead atoms. The number of nitrogens with one attached hydrogen (secondary N) is 2. The largest absolute Gasteiger partial charge is 0.408 e. The Morgan fingerprint density at radius 3 is 2.60 bits per heavy atom. The van der Waals surface area contributed by atoms with Crippen molar-refractivity contribution in [1.29, 1.82) is 0 Å². The molecule has 180 valence electrons. The summed E-state index contributed by atoms with van der Waals surface area (Å²) in [5.41, 5.74) is 2.63.